The second kappa shape index (κ2) is 8.10. The molecular formula is C21H20ClN5O2. The van der Waals surface area contributed by atoms with Crippen LogP contribution in [-0.4, -0.2) is 41.0 Å². The number of likely N-dealkylation sites (tertiary alicyclic amines) is 1. The molecule has 2 atom stereocenters. The number of rotatable bonds is 5. The number of allylic oxidation sites excluding steroid dienone is 1. The molecule has 2 unspecified atom stereocenters. The Morgan fingerprint density at radius 1 is 1.38 bits per heavy atom. The summed E-state index contributed by atoms with van der Waals surface area (Å²) in [6.07, 6.45) is 8.79. The van der Waals surface area contributed by atoms with E-state index in [1.54, 1.807) is 12.3 Å². The highest BCUT2D eigenvalue weighted by atomic mass is 35.5. The number of hydrogen-bond acceptors (Lipinski definition) is 6. The number of methoxy groups -OCH3 is 1. The molecule has 1 aliphatic carbocycles. The molecule has 4 rings (SSSR count). The van der Waals surface area contributed by atoms with Crippen molar-refractivity contribution in [3.63, 3.8) is 0 Å². The van der Waals surface area contributed by atoms with Crippen molar-refractivity contribution in [3.05, 3.63) is 52.9 Å². The first-order valence-corrected chi connectivity index (χ1v) is 9.73. The highest BCUT2D eigenvalue weighted by molar-refractivity contribution is 6.32. The van der Waals surface area contributed by atoms with Gasteiger partial charge in [-0.15, -0.1) is 0 Å². The fraction of sp³-hybridized carbons (Fsp3) is 0.333. The third-order valence-corrected chi connectivity index (χ3v) is 5.64. The summed E-state index contributed by atoms with van der Waals surface area (Å²) < 4.78 is 5.13. The molecule has 1 saturated heterocycles. The van der Waals surface area contributed by atoms with Crippen molar-refractivity contribution in [2.75, 3.05) is 25.5 Å². The van der Waals surface area contributed by atoms with Gasteiger partial charge in [0.05, 0.1) is 25.4 Å². The summed E-state index contributed by atoms with van der Waals surface area (Å²) in [5, 5.41) is 12.2. The number of amides is 1. The summed E-state index contributed by atoms with van der Waals surface area (Å²) in [7, 11) is 1.51. The Balaban J connectivity index is 1.36. The number of carbonyl (C=O) groups is 1. The zero-order valence-electron chi connectivity index (χ0n) is 15.9. The molecule has 2 aromatic rings. The molecule has 1 aliphatic heterocycles. The van der Waals surface area contributed by atoms with E-state index in [1.165, 1.54) is 18.9 Å². The van der Waals surface area contributed by atoms with Crippen LogP contribution < -0.4 is 10.1 Å². The number of hydrogen-bond donors (Lipinski definition) is 1. The normalized spacial score (nSPS) is 20.0. The van der Waals surface area contributed by atoms with E-state index in [0.29, 0.717) is 28.4 Å². The minimum atomic E-state index is -0.192. The summed E-state index contributed by atoms with van der Waals surface area (Å²) in [5.41, 5.74) is 2.99. The largest absolute Gasteiger partial charge is 0.495 e. The Labute approximate surface area is 174 Å². The van der Waals surface area contributed by atoms with Crippen molar-refractivity contribution in [1.82, 2.24) is 14.9 Å². The molecule has 0 saturated carbocycles. The monoisotopic (exact) mass is 409 g/mol. The lowest BCUT2D eigenvalue weighted by molar-refractivity contribution is -0.115. The molecule has 29 heavy (non-hydrogen) atoms. The van der Waals surface area contributed by atoms with Gasteiger partial charge in [0.1, 0.15) is 16.6 Å². The molecule has 148 valence electrons. The number of nitrogens with one attached hydrogen (secondary N) is 1. The van der Waals surface area contributed by atoms with Crippen molar-refractivity contribution in [2.24, 2.45) is 11.8 Å². The van der Waals surface area contributed by atoms with Crippen LogP contribution in [0.25, 0.3) is 5.57 Å². The van der Waals surface area contributed by atoms with Crippen molar-refractivity contribution < 1.29 is 9.53 Å². The van der Waals surface area contributed by atoms with Crippen LogP contribution in [0.4, 0.5) is 5.82 Å². The van der Waals surface area contributed by atoms with Crippen LogP contribution in [0.2, 0.25) is 5.02 Å². The summed E-state index contributed by atoms with van der Waals surface area (Å²) in [4.78, 5) is 22.8. The summed E-state index contributed by atoms with van der Waals surface area (Å²) in [6, 6.07) is 5.47. The summed E-state index contributed by atoms with van der Waals surface area (Å²) in [5.74, 6) is 1.58. The predicted octanol–water partition coefficient (Wildman–Crippen LogP) is 3.14. The average molecular weight is 410 g/mol. The van der Waals surface area contributed by atoms with E-state index in [-0.39, 0.29) is 12.3 Å². The predicted molar refractivity (Wildman–Crippen MR) is 109 cm³/mol. The first kappa shape index (κ1) is 19.2. The second-order valence-corrected chi connectivity index (χ2v) is 7.71. The molecule has 7 nitrogen and oxygen atoms in total. The molecule has 2 aromatic heterocycles. The van der Waals surface area contributed by atoms with Crippen LogP contribution in [0, 0.1) is 23.3 Å². The number of pyridine rings is 2. The van der Waals surface area contributed by atoms with E-state index in [1.807, 2.05) is 17.0 Å². The van der Waals surface area contributed by atoms with Gasteiger partial charge < -0.3 is 15.0 Å². The number of ether oxygens (including phenoxy) is 1. The van der Waals surface area contributed by atoms with E-state index in [2.05, 4.69) is 27.6 Å². The van der Waals surface area contributed by atoms with Crippen LogP contribution in [0.1, 0.15) is 17.7 Å². The summed E-state index contributed by atoms with van der Waals surface area (Å²) in [6.45, 7) is 1.62. The lowest BCUT2D eigenvalue weighted by Crippen LogP contribution is -2.15. The SMILES string of the molecule is COc1cc(NC(=O)Cc2ccc(C3=CC4CN(C#N)CC4C3)nc2)ncc1Cl. The standard InChI is InChI=1S/C21H20ClN5O2/c1-29-19-7-20(25-9-17(19)22)26-21(28)4-13-2-3-18(24-8-13)14-5-15-10-27(12-23)11-16(15)6-14/h2-3,5,7-9,15-16H,4,6,10-11H2,1H3,(H,25,26,28). The van der Waals surface area contributed by atoms with E-state index in [4.69, 9.17) is 21.6 Å². The van der Waals surface area contributed by atoms with Crippen molar-refractivity contribution in [1.29, 1.82) is 5.26 Å². The third kappa shape index (κ3) is 4.17. The fourth-order valence-electron chi connectivity index (χ4n) is 3.92. The molecule has 8 heteroatoms. The van der Waals surface area contributed by atoms with Crippen LogP contribution in [0.5, 0.6) is 5.75 Å². The van der Waals surface area contributed by atoms with Crippen LogP contribution in [-0.2, 0) is 11.2 Å². The minimum absolute atomic E-state index is 0.192. The highest BCUT2D eigenvalue weighted by Crippen LogP contribution is 2.40. The van der Waals surface area contributed by atoms with Crippen molar-refractivity contribution >= 4 is 28.9 Å². The van der Waals surface area contributed by atoms with E-state index < -0.39 is 0 Å². The van der Waals surface area contributed by atoms with E-state index in [0.717, 1.165) is 30.8 Å². The smallest absolute Gasteiger partial charge is 0.230 e. The van der Waals surface area contributed by atoms with Gasteiger partial charge in [0.15, 0.2) is 6.19 Å². The van der Waals surface area contributed by atoms with Crippen LogP contribution in [0.3, 0.4) is 0 Å². The van der Waals surface area contributed by atoms with Gasteiger partial charge in [-0.1, -0.05) is 23.7 Å². The van der Waals surface area contributed by atoms with Crippen molar-refractivity contribution in [2.45, 2.75) is 12.8 Å². The van der Waals surface area contributed by atoms with E-state index in [9.17, 15) is 4.79 Å². The molecule has 0 aromatic carbocycles. The zero-order valence-corrected chi connectivity index (χ0v) is 16.7. The number of carbonyl (C=O) groups excluding carboxylic acids is 1. The number of nitrogens with zero attached hydrogens (tertiary/aromatic N) is 4. The van der Waals surface area contributed by atoms with Gasteiger partial charge in [0.25, 0.3) is 0 Å². The number of anilines is 1. The van der Waals surface area contributed by atoms with Gasteiger partial charge in [-0.05, 0) is 29.5 Å². The zero-order chi connectivity index (χ0) is 20.4. The molecule has 0 bridgehead atoms. The average Bonchev–Trinajstić information content (AvgIpc) is 3.29. The number of aromatic nitrogens is 2. The maximum Gasteiger partial charge on any atom is 0.230 e. The number of nitriles is 1. The lowest BCUT2D eigenvalue weighted by Gasteiger charge is -2.10. The molecule has 0 spiro atoms. The number of fused-ring (bicyclic) bond motifs is 1. The van der Waals surface area contributed by atoms with Crippen LogP contribution >= 0.6 is 11.6 Å². The second-order valence-electron chi connectivity index (χ2n) is 7.31. The number of halogens is 1. The van der Waals surface area contributed by atoms with Crippen LogP contribution in [0.15, 0.2) is 36.7 Å². The Morgan fingerprint density at radius 2 is 2.24 bits per heavy atom. The van der Waals surface area contributed by atoms with Gasteiger partial charge in [-0.25, -0.2) is 4.98 Å². The topological polar surface area (TPSA) is 91.1 Å². The molecule has 1 amide bonds. The quantitative estimate of drug-likeness (QED) is 0.763. The van der Waals surface area contributed by atoms with E-state index >= 15 is 0 Å². The maximum absolute atomic E-state index is 12.3. The minimum Gasteiger partial charge on any atom is -0.495 e. The molecule has 1 N–H and O–H groups in total. The van der Waals surface area contributed by atoms with Gasteiger partial charge in [-0.2, -0.15) is 5.26 Å². The maximum atomic E-state index is 12.3. The molecule has 0 radical (unpaired) electrons. The Kier molecular flexibility index (Phi) is 5.36. The molecule has 1 fully saturated rings. The third-order valence-electron chi connectivity index (χ3n) is 5.36. The summed E-state index contributed by atoms with van der Waals surface area (Å²) >= 11 is 5.95. The lowest BCUT2D eigenvalue weighted by atomic mass is 9.99. The van der Waals surface area contributed by atoms with Gasteiger partial charge >= 0.3 is 0 Å². The Hall–Kier alpha value is -3.11. The van der Waals surface area contributed by atoms with Gasteiger partial charge in [-0.3, -0.25) is 9.78 Å². The molecule has 3 heterocycles. The van der Waals surface area contributed by atoms with Gasteiger partial charge in [0, 0.05) is 31.3 Å². The Bertz CT molecular complexity index is 999. The molecule has 2 aliphatic rings. The Morgan fingerprint density at radius 3 is 2.93 bits per heavy atom. The van der Waals surface area contributed by atoms with Crippen molar-refractivity contribution in [3.8, 4) is 11.9 Å². The highest BCUT2D eigenvalue weighted by Gasteiger charge is 2.36. The fourth-order valence-corrected chi connectivity index (χ4v) is 4.10. The molecular weight excluding hydrogens is 390 g/mol. The first-order valence-electron chi connectivity index (χ1n) is 9.35. The first-order chi connectivity index (χ1) is 14.1. The van der Waals surface area contributed by atoms with Gasteiger partial charge in [0.2, 0.25) is 5.91 Å².